The summed E-state index contributed by atoms with van der Waals surface area (Å²) in [5.41, 5.74) is 0.971. The number of aromatic nitrogens is 1. The van der Waals surface area contributed by atoms with Crippen LogP contribution in [0.25, 0.3) is 0 Å². The number of amides is 1. The van der Waals surface area contributed by atoms with Gasteiger partial charge in [0.25, 0.3) is 5.91 Å². The molecule has 0 fully saturated rings. The molecule has 1 N–H and O–H groups in total. The SMILES string of the molecule is Cc1ccc(C(=O)NCc2cccnc2)cc1CS(=O)(=O)c1cccc(C(F)(F)F)c1. The minimum absolute atomic E-state index is 0.248. The maximum Gasteiger partial charge on any atom is 0.416 e. The maximum atomic E-state index is 12.9. The molecule has 0 saturated carbocycles. The topological polar surface area (TPSA) is 76.1 Å². The van der Waals surface area contributed by atoms with E-state index in [1.54, 1.807) is 43.6 Å². The number of carbonyl (C=O) groups is 1. The van der Waals surface area contributed by atoms with E-state index in [0.29, 0.717) is 17.2 Å². The number of benzene rings is 2. The standard InChI is InChI=1S/C22H19F3N2O3S/c1-15-7-8-17(21(28)27-13-16-4-3-9-26-12-16)10-18(15)14-31(29,30)20-6-2-5-19(11-20)22(23,24)25/h2-12H,13-14H2,1H3,(H,27,28). The monoisotopic (exact) mass is 448 g/mol. The van der Waals surface area contributed by atoms with Gasteiger partial charge in [0, 0.05) is 24.5 Å². The molecule has 1 aromatic heterocycles. The van der Waals surface area contributed by atoms with Crippen molar-refractivity contribution in [1.82, 2.24) is 10.3 Å². The van der Waals surface area contributed by atoms with Crippen molar-refractivity contribution >= 4 is 15.7 Å². The molecule has 3 aromatic rings. The van der Waals surface area contributed by atoms with Crippen LogP contribution in [-0.2, 0) is 28.3 Å². The Hall–Kier alpha value is -3.20. The van der Waals surface area contributed by atoms with Crippen molar-refractivity contribution in [2.75, 3.05) is 0 Å². The summed E-state index contributed by atoms with van der Waals surface area (Å²) in [6, 6.07) is 11.8. The molecule has 0 aliphatic heterocycles. The van der Waals surface area contributed by atoms with Crippen LogP contribution in [0.15, 0.2) is 71.9 Å². The zero-order valence-corrected chi connectivity index (χ0v) is 17.3. The van der Waals surface area contributed by atoms with Gasteiger partial charge in [0.05, 0.1) is 16.2 Å². The lowest BCUT2D eigenvalue weighted by molar-refractivity contribution is -0.137. The lowest BCUT2D eigenvalue weighted by atomic mass is 10.1. The number of aryl methyl sites for hydroxylation is 1. The van der Waals surface area contributed by atoms with Gasteiger partial charge < -0.3 is 5.32 Å². The van der Waals surface area contributed by atoms with Gasteiger partial charge in [0.2, 0.25) is 0 Å². The van der Waals surface area contributed by atoms with Crippen LogP contribution in [0.2, 0.25) is 0 Å². The zero-order chi connectivity index (χ0) is 22.6. The minimum atomic E-state index is -4.65. The Labute approximate surface area is 177 Å². The van der Waals surface area contributed by atoms with Crippen molar-refractivity contribution in [3.8, 4) is 0 Å². The molecule has 9 heteroatoms. The number of sulfone groups is 1. The van der Waals surface area contributed by atoms with Gasteiger partial charge in [-0.15, -0.1) is 0 Å². The van der Waals surface area contributed by atoms with E-state index >= 15 is 0 Å². The number of rotatable bonds is 6. The number of hydrogen-bond donors (Lipinski definition) is 1. The van der Waals surface area contributed by atoms with Crippen molar-refractivity contribution in [3.05, 3.63) is 94.8 Å². The van der Waals surface area contributed by atoms with Crippen LogP contribution in [0.1, 0.15) is 32.6 Å². The van der Waals surface area contributed by atoms with Gasteiger partial charge in [-0.3, -0.25) is 9.78 Å². The van der Waals surface area contributed by atoms with E-state index in [-0.39, 0.29) is 12.1 Å². The van der Waals surface area contributed by atoms with Crippen molar-refractivity contribution in [2.45, 2.75) is 30.3 Å². The van der Waals surface area contributed by atoms with Gasteiger partial charge in [-0.1, -0.05) is 18.2 Å². The average molecular weight is 448 g/mol. The summed E-state index contributed by atoms with van der Waals surface area (Å²) in [4.78, 5) is 16.0. The van der Waals surface area contributed by atoms with Gasteiger partial charge in [-0.25, -0.2) is 8.42 Å². The predicted molar refractivity (Wildman–Crippen MR) is 109 cm³/mol. The molecule has 0 bridgehead atoms. The average Bonchev–Trinajstić information content (AvgIpc) is 2.73. The highest BCUT2D eigenvalue weighted by Crippen LogP contribution is 2.31. The van der Waals surface area contributed by atoms with Gasteiger partial charge >= 0.3 is 6.18 Å². The molecule has 31 heavy (non-hydrogen) atoms. The summed E-state index contributed by atoms with van der Waals surface area (Å²) in [6.45, 7) is 1.92. The molecule has 0 radical (unpaired) electrons. The molecule has 0 spiro atoms. The Morgan fingerprint density at radius 3 is 2.52 bits per heavy atom. The highest BCUT2D eigenvalue weighted by molar-refractivity contribution is 7.90. The summed E-state index contributed by atoms with van der Waals surface area (Å²) in [7, 11) is -4.06. The maximum absolute atomic E-state index is 12.9. The third-order valence-corrected chi connectivity index (χ3v) is 6.32. The number of hydrogen-bond acceptors (Lipinski definition) is 4. The van der Waals surface area contributed by atoms with Crippen LogP contribution >= 0.6 is 0 Å². The summed E-state index contributed by atoms with van der Waals surface area (Å²) in [5.74, 6) is -0.925. The first kappa shape index (κ1) is 22.5. The van der Waals surface area contributed by atoms with E-state index in [9.17, 15) is 26.4 Å². The van der Waals surface area contributed by atoms with Crippen LogP contribution in [0.5, 0.6) is 0 Å². The summed E-state index contributed by atoms with van der Waals surface area (Å²) in [5, 5.41) is 2.73. The smallest absolute Gasteiger partial charge is 0.348 e. The lowest BCUT2D eigenvalue weighted by Crippen LogP contribution is -2.23. The minimum Gasteiger partial charge on any atom is -0.348 e. The fraction of sp³-hybridized carbons (Fsp3) is 0.182. The third kappa shape index (κ3) is 5.69. The molecule has 0 saturated heterocycles. The molecule has 3 rings (SSSR count). The second-order valence-corrected chi connectivity index (χ2v) is 8.96. The third-order valence-electron chi connectivity index (χ3n) is 4.65. The number of carbonyl (C=O) groups excluding carboxylic acids is 1. The highest BCUT2D eigenvalue weighted by Gasteiger charge is 2.31. The van der Waals surface area contributed by atoms with Crippen LogP contribution < -0.4 is 5.32 Å². The molecule has 1 amide bonds. The van der Waals surface area contributed by atoms with Crippen LogP contribution in [-0.4, -0.2) is 19.3 Å². The summed E-state index contributed by atoms with van der Waals surface area (Å²) < 4.78 is 64.3. The summed E-state index contributed by atoms with van der Waals surface area (Å²) in [6.07, 6.45) is -1.42. The first-order valence-corrected chi connectivity index (χ1v) is 10.9. The van der Waals surface area contributed by atoms with Crippen LogP contribution in [0, 0.1) is 6.92 Å². The van der Waals surface area contributed by atoms with E-state index < -0.39 is 38.1 Å². The Kier molecular flexibility index (Phi) is 6.45. The normalized spacial score (nSPS) is 11.9. The number of halogens is 3. The van der Waals surface area contributed by atoms with Gasteiger partial charge in [0.15, 0.2) is 9.84 Å². The van der Waals surface area contributed by atoms with Gasteiger partial charge in [-0.2, -0.15) is 13.2 Å². The first-order valence-electron chi connectivity index (χ1n) is 9.23. The van der Waals surface area contributed by atoms with Gasteiger partial charge in [0.1, 0.15) is 0 Å². The number of pyridine rings is 1. The molecule has 2 aromatic carbocycles. The fourth-order valence-electron chi connectivity index (χ4n) is 2.91. The molecule has 5 nitrogen and oxygen atoms in total. The molecular weight excluding hydrogens is 429 g/mol. The first-order chi connectivity index (χ1) is 14.6. The van der Waals surface area contributed by atoms with Crippen LogP contribution in [0.4, 0.5) is 13.2 Å². The Morgan fingerprint density at radius 1 is 1.06 bits per heavy atom. The summed E-state index contributed by atoms with van der Waals surface area (Å²) >= 11 is 0. The highest BCUT2D eigenvalue weighted by atomic mass is 32.2. The molecule has 0 unspecified atom stereocenters. The fourth-order valence-corrected chi connectivity index (χ4v) is 4.39. The largest absolute Gasteiger partial charge is 0.416 e. The van der Waals surface area contributed by atoms with E-state index in [2.05, 4.69) is 10.3 Å². The van der Waals surface area contributed by atoms with Crippen LogP contribution in [0.3, 0.4) is 0 Å². The van der Waals surface area contributed by atoms with Gasteiger partial charge in [-0.05, 0) is 60.0 Å². The zero-order valence-electron chi connectivity index (χ0n) is 16.5. The molecular formula is C22H19F3N2O3S. The van der Waals surface area contributed by atoms with Crippen molar-refractivity contribution < 1.29 is 26.4 Å². The van der Waals surface area contributed by atoms with E-state index in [0.717, 1.165) is 23.8 Å². The molecule has 0 atom stereocenters. The lowest BCUT2D eigenvalue weighted by Gasteiger charge is -2.12. The van der Waals surface area contributed by atoms with Crippen molar-refractivity contribution in [3.63, 3.8) is 0 Å². The number of alkyl halides is 3. The number of nitrogens with one attached hydrogen (secondary N) is 1. The predicted octanol–water partition coefficient (Wildman–Crippen LogP) is 4.31. The molecule has 1 heterocycles. The molecule has 0 aliphatic carbocycles. The Bertz CT molecular complexity index is 1190. The second-order valence-electron chi connectivity index (χ2n) is 6.97. The number of nitrogens with zero attached hydrogens (tertiary/aromatic N) is 1. The molecule has 0 aliphatic rings. The molecule has 162 valence electrons. The quantitative estimate of drug-likeness (QED) is 0.610. The van der Waals surface area contributed by atoms with Crippen molar-refractivity contribution in [1.29, 1.82) is 0 Å². The van der Waals surface area contributed by atoms with E-state index in [1.807, 2.05) is 0 Å². The second kappa shape index (κ2) is 8.89. The van der Waals surface area contributed by atoms with E-state index in [1.165, 1.54) is 6.07 Å². The van der Waals surface area contributed by atoms with Crippen molar-refractivity contribution in [2.24, 2.45) is 0 Å². The Morgan fingerprint density at radius 2 is 1.84 bits per heavy atom. The Balaban J connectivity index is 1.81. The van der Waals surface area contributed by atoms with E-state index in [4.69, 9.17) is 0 Å².